The molecular weight excluding hydrogens is 614 g/mol. The Morgan fingerprint density at radius 1 is 0.932 bits per heavy atom. The van der Waals surface area contributed by atoms with Gasteiger partial charge in [-0.25, -0.2) is 9.18 Å². The van der Waals surface area contributed by atoms with Crippen LogP contribution < -0.4 is 10.6 Å². The molecule has 0 aliphatic carbocycles. The number of halogens is 5. The number of carbonyl (C=O) groups excluding carboxylic acids is 1. The van der Waals surface area contributed by atoms with E-state index in [1.54, 1.807) is 28.8 Å². The van der Waals surface area contributed by atoms with Crippen molar-refractivity contribution in [1.29, 1.82) is 0 Å². The molecule has 0 radical (unpaired) electrons. The molecule has 2 amide bonds. The molecule has 0 bridgehead atoms. The van der Waals surface area contributed by atoms with Gasteiger partial charge in [0.25, 0.3) is 0 Å². The van der Waals surface area contributed by atoms with Crippen molar-refractivity contribution in [3.05, 3.63) is 136 Å². The number of thioether (sulfide) groups is 1. The van der Waals surface area contributed by atoms with Gasteiger partial charge in [0.1, 0.15) is 5.82 Å². The van der Waals surface area contributed by atoms with Crippen LogP contribution in [0.4, 0.5) is 28.0 Å². The summed E-state index contributed by atoms with van der Waals surface area (Å²) in [7, 11) is 0. The molecule has 2 N–H and O–H groups in total. The number of nitrogens with zero attached hydrogens (tertiary/aromatic N) is 3. The molecule has 6 nitrogen and oxygen atoms in total. The van der Waals surface area contributed by atoms with Gasteiger partial charge in [-0.1, -0.05) is 84.0 Å². The number of rotatable bonds is 9. The number of amides is 2. The average Bonchev–Trinajstić information content (AvgIpc) is 3.41. The summed E-state index contributed by atoms with van der Waals surface area (Å²) in [6.45, 7) is 1.89. The van der Waals surface area contributed by atoms with E-state index in [0.717, 1.165) is 22.8 Å². The Hall–Kier alpha value is -4.35. The third-order valence-corrected chi connectivity index (χ3v) is 7.97. The molecule has 1 atom stereocenters. The first-order valence-electron chi connectivity index (χ1n) is 13.5. The summed E-state index contributed by atoms with van der Waals surface area (Å²) in [5.41, 5.74) is 1.89. The van der Waals surface area contributed by atoms with Gasteiger partial charge in [0.15, 0.2) is 11.0 Å². The van der Waals surface area contributed by atoms with Crippen molar-refractivity contribution in [3.8, 4) is 5.69 Å². The van der Waals surface area contributed by atoms with Crippen molar-refractivity contribution in [2.75, 3.05) is 5.32 Å². The minimum Gasteiger partial charge on any atom is -0.327 e. The highest BCUT2D eigenvalue weighted by molar-refractivity contribution is 7.98. The maximum atomic E-state index is 13.6. The Morgan fingerprint density at radius 2 is 1.64 bits per heavy atom. The first kappa shape index (κ1) is 31.1. The molecule has 1 unspecified atom stereocenters. The topological polar surface area (TPSA) is 71.8 Å². The molecule has 0 spiro atoms. The highest BCUT2D eigenvalue weighted by atomic mass is 35.5. The number of hydrogen-bond acceptors (Lipinski definition) is 4. The van der Waals surface area contributed by atoms with Crippen LogP contribution in [0, 0.1) is 12.7 Å². The van der Waals surface area contributed by atoms with Gasteiger partial charge < -0.3 is 10.6 Å². The van der Waals surface area contributed by atoms with Gasteiger partial charge in [-0.15, -0.1) is 10.2 Å². The van der Waals surface area contributed by atoms with E-state index in [4.69, 9.17) is 11.6 Å². The molecule has 0 aliphatic heterocycles. The summed E-state index contributed by atoms with van der Waals surface area (Å²) in [6, 6.07) is 23.9. The highest BCUT2D eigenvalue weighted by Crippen LogP contribution is 2.35. The van der Waals surface area contributed by atoms with E-state index in [-0.39, 0.29) is 17.9 Å². The molecule has 5 rings (SSSR count). The van der Waals surface area contributed by atoms with Gasteiger partial charge in [0.05, 0.1) is 23.0 Å². The zero-order valence-electron chi connectivity index (χ0n) is 23.3. The van der Waals surface area contributed by atoms with Crippen molar-refractivity contribution in [1.82, 2.24) is 20.1 Å². The third kappa shape index (κ3) is 7.59. The lowest BCUT2D eigenvalue weighted by Crippen LogP contribution is -2.35. The monoisotopic (exact) mass is 639 g/mol. The summed E-state index contributed by atoms with van der Waals surface area (Å²) in [5, 5.41) is 15.0. The lowest BCUT2D eigenvalue weighted by molar-refractivity contribution is -0.136. The Balaban J connectivity index is 1.53. The summed E-state index contributed by atoms with van der Waals surface area (Å²) in [5.74, 6) is 0.452. The summed E-state index contributed by atoms with van der Waals surface area (Å²) < 4.78 is 56.1. The Morgan fingerprint density at radius 3 is 2.36 bits per heavy atom. The maximum absolute atomic E-state index is 13.6. The fourth-order valence-corrected chi connectivity index (χ4v) is 5.67. The summed E-state index contributed by atoms with van der Waals surface area (Å²) in [4.78, 5) is 13.3. The standard InChI is InChI=1S/C32H26ClF4N5OS/c1-20-11-14-23(33)18-28(20)42-29(40-41-31(42)44-19-22-12-15-24(34)16-13-22)27(17-21-7-3-2-4-8-21)39-30(43)38-26-10-6-5-9-25(26)32(35,36)37/h2-16,18,27H,17,19H2,1H3,(H2,38,39,43). The van der Waals surface area contributed by atoms with Crippen LogP contribution >= 0.6 is 23.4 Å². The molecule has 0 fully saturated rings. The number of anilines is 1. The first-order valence-corrected chi connectivity index (χ1v) is 14.8. The predicted octanol–water partition coefficient (Wildman–Crippen LogP) is 8.78. The van der Waals surface area contributed by atoms with Gasteiger partial charge in [0.2, 0.25) is 0 Å². The predicted molar refractivity (Wildman–Crippen MR) is 164 cm³/mol. The van der Waals surface area contributed by atoms with Gasteiger partial charge in [-0.05, 0) is 60.0 Å². The zero-order valence-corrected chi connectivity index (χ0v) is 24.8. The molecule has 0 saturated heterocycles. The van der Waals surface area contributed by atoms with Crippen molar-refractivity contribution in [3.63, 3.8) is 0 Å². The average molecular weight is 640 g/mol. The van der Waals surface area contributed by atoms with E-state index in [1.165, 1.54) is 42.1 Å². The van der Waals surface area contributed by atoms with Crippen LogP contribution in [-0.2, 0) is 18.3 Å². The molecule has 0 saturated carbocycles. The quantitative estimate of drug-likeness (QED) is 0.125. The zero-order chi connectivity index (χ0) is 31.3. The molecule has 1 heterocycles. The fraction of sp³-hybridized carbons (Fsp3) is 0.156. The van der Waals surface area contributed by atoms with Crippen LogP contribution in [0.3, 0.4) is 0 Å². The van der Waals surface area contributed by atoms with E-state index in [2.05, 4.69) is 20.8 Å². The number of aromatic nitrogens is 3. The lowest BCUT2D eigenvalue weighted by Gasteiger charge is -2.22. The Bertz CT molecular complexity index is 1750. The maximum Gasteiger partial charge on any atom is 0.418 e. The number of alkyl halides is 3. The van der Waals surface area contributed by atoms with Crippen LogP contribution in [0.2, 0.25) is 5.02 Å². The van der Waals surface area contributed by atoms with E-state index in [1.807, 2.05) is 43.3 Å². The molecule has 12 heteroatoms. The molecule has 0 aliphatic rings. The number of nitrogens with one attached hydrogen (secondary N) is 2. The van der Waals surface area contributed by atoms with Crippen molar-refractivity contribution in [2.24, 2.45) is 0 Å². The Kier molecular flexibility index (Phi) is 9.55. The van der Waals surface area contributed by atoms with Crippen molar-refractivity contribution >= 4 is 35.1 Å². The smallest absolute Gasteiger partial charge is 0.327 e. The number of carbonyl (C=O) groups is 1. The van der Waals surface area contributed by atoms with Crippen LogP contribution in [0.5, 0.6) is 0 Å². The van der Waals surface area contributed by atoms with Crippen LogP contribution in [0.15, 0.2) is 102 Å². The van der Waals surface area contributed by atoms with Gasteiger partial charge in [0, 0.05) is 17.2 Å². The minimum absolute atomic E-state index is 0.259. The highest BCUT2D eigenvalue weighted by Gasteiger charge is 2.34. The van der Waals surface area contributed by atoms with Crippen molar-refractivity contribution < 1.29 is 22.4 Å². The second kappa shape index (κ2) is 13.5. The van der Waals surface area contributed by atoms with Crippen molar-refractivity contribution in [2.45, 2.75) is 36.5 Å². The lowest BCUT2D eigenvalue weighted by atomic mass is 10.0. The third-order valence-electron chi connectivity index (χ3n) is 6.73. The second-order valence-electron chi connectivity index (χ2n) is 9.91. The largest absolute Gasteiger partial charge is 0.418 e. The minimum atomic E-state index is -4.66. The molecule has 44 heavy (non-hydrogen) atoms. The van der Waals surface area contributed by atoms with E-state index in [9.17, 15) is 22.4 Å². The molecule has 5 aromatic rings. The Labute approximate surface area is 260 Å². The van der Waals surface area contributed by atoms with E-state index in [0.29, 0.717) is 27.4 Å². The fourth-order valence-electron chi connectivity index (χ4n) is 4.59. The number of para-hydroxylation sites is 1. The number of aryl methyl sites for hydroxylation is 1. The SMILES string of the molecule is Cc1ccc(Cl)cc1-n1c(SCc2ccc(F)cc2)nnc1C(Cc1ccccc1)NC(=O)Nc1ccccc1C(F)(F)F. The number of urea groups is 1. The van der Waals surface area contributed by atoms with Gasteiger partial charge in [-0.2, -0.15) is 13.2 Å². The van der Waals surface area contributed by atoms with Gasteiger partial charge >= 0.3 is 12.2 Å². The number of hydrogen-bond donors (Lipinski definition) is 2. The summed E-state index contributed by atoms with van der Waals surface area (Å²) in [6.07, 6.45) is -4.40. The molecular formula is C32H26ClF4N5OS. The summed E-state index contributed by atoms with van der Waals surface area (Å²) >= 11 is 7.75. The van der Waals surface area contributed by atoms with Crippen LogP contribution in [0.1, 0.15) is 34.1 Å². The van der Waals surface area contributed by atoms with E-state index >= 15 is 0 Å². The van der Waals surface area contributed by atoms with Crippen LogP contribution in [0.25, 0.3) is 5.69 Å². The van der Waals surface area contributed by atoms with Gasteiger partial charge in [-0.3, -0.25) is 4.57 Å². The number of benzene rings is 4. The second-order valence-corrected chi connectivity index (χ2v) is 11.3. The van der Waals surface area contributed by atoms with E-state index < -0.39 is 23.8 Å². The molecule has 4 aromatic carbocycles. The van der Waals surface area contributed by atoms with Crippen LogP contribution in [-0.4, -0.2) is 20.8 Å². The first-order chi connectivity index (χ1) is 21.1. The molecule has 1 aromatic heterocycles. The molecule has 226 valence electrons. The normalized spacial score (nSPS) is 12.1.